The Morgan fingerprint density at radius 1 is 1.26 bits per heavy atom. The lowest BCUT2D eigenvalue weighted by atomic mass is 10.1. The Hall–Kier alpha value is -1.52. The third kappa shape index (κ3) is 6.26. The number of piperidine rings is 1. The van der Waals surface area contributed by atoms with Crippen molar-refractivity contribution in [2.45, 2.75) is 37.8 Å². The molecule has 0 saturated carbocycles. The topological polar surface area (TPSA) is 68.9 Å². The van der Waals surface area contributed by atoms with Crippen LogP contribution < -0.4 is 15.5 Å². The van der Waals surface area contributed by atoms with Gasteiger partial charge in [-0.25, -0.2) is 4.98 Å². The van der Waals surface area contributed by atoms with E-state index >= 15 is 0 Å². The van der Waals surface area contributed by atoms with Crippen molar-refractivity contribution in [2.24, 2.45) is 4.99 Å². The summed E-state index contributed by atoms with van der Waals surface area (Å²) in [5.74, 6) is 2.69. The highest BCUT2D eigenvalue weighted by Crippen LogP contribution is 2.26. The zero-order valence-corrected chi connectivity index (χ0v) is 21.1. The van der Waals surface area contributed by atoms with E-state index in [1.165, 1.54) is 19.3 Å². The number of hydrogen-bond acceptors (Lipinski definition) is 5. The zero-order valence-electron chi connectivity index (χ0n) is 18.0. The SMILES string of the molecule is CN=C(NCC(c1ccco1)N1CCCCC1)NC1CCN(c2ncccc2Cl)C1.I. The number of nitrogens with zero attached hydrogens (tertiary/aromatic N) is 4. The molecule has 0 radical (unpaired) electrons. The van der Waals surface area contributed by atoms with Crippen LogP contribution in [0.3, 0.4) is 0 Å². The van der Waals surface area contributed by atoms with Crippen molar-refractivity contribution in [3.8, 4) is 0 Å². The number of halogens is 2. The smallest absolute Gasteiger partial charge is 0.191 e. The zero-order chi connectivity index (χ0) is 20.8. The fourth-order valence-electron chi connectivity index (χ4n) is 4.38. The van der Waals surface area contributed by atoms with Crippen LogP contribution in [-0.4, -0.2) is 61.7 Å². The van der Waals surface area contributed by atoms with E-state index in [1.807, 2.05) is 25.2 Å². The molecular weight excluding hydrogens is 527 g/mol. The summed E-state index contributed by atoms with van der Waals surface area (Å²) in [6.07, 6.45) is 8.38. The van der Waals surface area contributed by atoms with E-state index in [1.54, 1.807) is 12.5 Å². The predicted octanol–water partition coefficient (Wildman–Crippen LogP) is 3.92. The molecule has 7 nitrogen and oxygen atoms in total. The summed E-state index contributed by atoms with van der Waals surface area (Å²) in [6.45, 7) is 4.76. The van der Waals surface area contributed by atoms with Crippen LogP contribution in [0.25, 0.3) is 0 Å². The third-order valence-electron chi connectivity index (χ3n) is 5.96. The number of aromatic nitrogens is 1. The second-order valence-electron chi connectivity index (χ2n) is 7.97. The number of likely N-dealkylation sites (tertiary alicyclic amines) is 1. The van der Waals surface area contributed by atoms with Crippen LogP contribution in [0.1, 0.15) is 37.5 Å². The van der Waals surface area contributed by atoms with Crippen LogP contribution in [0.15, 0.2) is 46.1 Å². The molecule has 170 valence electrons. The van der Waals surface area contributed by atoms with Gasteiger partial charge in [-0.2, -0.15) is 0 Å². The Morgan fingerprint density at radius 2 is 2.10 bits per heavy atom. The van der Waals surface area contributed by atoms with Crippen molar-refractivity contribution in [1.29, 1.82) is 0 Å². The first-order valence-electron chi connectivity index (χ1n) is 10.8. The van der Waals surface area contributed by atoms with Crippen LogP contribution in [0.5, 0.6) is 0 Å². The van der Waals surface area contributed by atoms with Gasteiger partial charge in [0.15, 0.2) is 5.96 Å². The van der Waals surface area contributed by atoms with Crippen LogP contribution in [0, 0.1) is 0 Å². The van der Waals surface area contributed by atoms with Gasteiger partial charge in [-0.15, -0.1) is 24.0 Å². The number of furan rings is 1. The van der Waals surface area contributed by atoms with Crippen molar-refractivity contribution >= 4 is 47.4 Å². The third-order valence-corrected chi connectivity index (χ3v) is 6.25. The molecule has 2 unspecified atom stereocenters. The van der Waals surface area contributed by atoms with E-state index in [4.69, 9.17) is 16.0 Å². The van der Waals surface area contributed by atoms with E-state index in [0.29, 0.717) is 11.1 Å². The van der Waals surface area contributed by atoms with Crippen molar-refractivity contribution in [1.82, 2.24) is 20.5 Å². The average Bonchev–Trinajstić information content (AvgIpc) is 3.47. The van der Waals surface area contributed by atoms with Crippen molar-refractivity contribution in [2.75, 3.05) is 44.7 Å². The highest BCUT2D eigenvalue weighted by Gasteiger charge is 2.27. The number of anilines is 1. The molecule has 2 fully saturated rings. The van der Waals surface area contributed by atoms with Crippen LogP contribution >= 0.6 is 35.6 Å². The first-order chi connectivity index (χ1) is 14.7. The maximum Gasteiger partial charge on any atom is 0.191 e. The summed E-state index contributed by atoms with van der Waals surface area (Å²) < 4.78 is 5.75. The molecule has 2 aromatic heterocycles. The van der Waals surface area contributed by atoms with Gasteiger partial charge in [-0.1, -0.05) is 18.0 Å². The second kappa shape index (κ2) is 11.9. The summed E-state index contributed by atoms with van der Waals surface area (Å²) in [7, 11) is 1.82. The Morgan fingerprint density at radius 3 is 2.81 bits per heavy atom. The number of rotatable bonds is 6. The summed E-state index contributed by atoms with van der Waals surface area (Å²) in [5.41, 5.74) is 0. The first-order valence-corrected chi connectivity index (χ1v) is 11.2. The molecule has 4 heterocycles. The summed E-state index contributed by atoms with van der Waals surface area (Å²) in [6, 6.07) is 8.30. The molecular formula is C22H32ClIN6O. The average molecular weight is 559 g/mol. The molecule has 2 aliphatic rings. The van der Waals surface area contributed by atoms with Gasteiger partial charge in [-0.3, -0.25) is 9.89 Å². The van der Waals surface area contributed by atoms with Crippen LogP contribution in [0.2, 0.25) is 5.02 Å². The molecule has 2 aromatic rings. The van der Waals surface area contributed by atoms with Gasteiger partial charge in [0, 0.05) is 38.9 Å². The largest absolute Gasteiger partial charge is 0.468 e. The van der Waals surface area contributed by atoms with E-state index in [9.17, 15) is 0 Å². The molecule has 0 bridgehead atoms. The lowest BCUT2D eigenvalue weighted by molar-refractivity contribution is 0.146. The summed E-state index contributed by atoms with van der Waals surface area (Å²) >= 11 is 6.32. The Bertz CT molecular complexity index is 827. The van der Waals surface area contributed by atoms with Gasteiger partial charge in [0.2, 0.25) is 0 Å². The quantitative estimate of drug-likeness (QED) is 0.318. The predicted molar refractivity (Wildman–Crippen MR) is 137 cm³/mol. The highest BCUT2D eigenvalue weighted by molar-refractivity contribution is 14.0. The van der Waals surface area contributed by atoms with Crippen LogP contribution in [-0.2, 0) is 0 Å². The van der Waals surface area contributed by atoms with Crippen molar-refractivity contribution in [3.05, 3.63) is 47.5 Å². The molecule has 2 aliphatic heterocycles. The molecule has 2 atom stereocenters. The van der Waals surface area contributed by atoms with Gasteiger partial charge in [-0.05, 0) is 56.6 Å². The minimum absolute atomic E-state index is 0. The maximum absolute atomic E-state index is 6.32. The van der Waals surface area contributed by atoms with E-state index in [-0.39, 0.29) is 30.0 Å². The van der Waals surface area contributed by atoms with Crippen LogP contribution in [0.4, 0.5) is 5.82 Å². The van der Waals surface area contributed by atoms with Gasteiger partial charge in [0.1, 0.15) is 11.6 Å². The Balaban J connectivity index is 0.00000272. The summed E-state index contributed by atoms with van der Waals surface area (Å²) in [5, 5.41) is 7.79. The van der Waals surface area contributed by atoms with E-state index in [0.717, 1.165) is 56.7 Å². The van der Waals surface area contributed by atoms with Gasteiger partial charge in [0.05, 0.1) is 17.3 Å². The number of pyridine rings is 1. The molecule has 0 aromatic carbocycles. The molecule has 0 aliphatic carbocycles. The minimum atomic E-state index is 0. The first kappa shape index (κ1) is 24.1. The molecule has 4 rings (SSSR count). The van der Waals surface area contributed by atoms with Crippen molar-refractivity contribution < 1.29 is 4.42 Å². The fraction of sp³-hybridized carbons (Fsp3) is 0.545. The molecule has 31 heavy (non-hydrogen) atoms. The minimum Gasteiger partial charge on any atom is -0.468 e. The highest BCUT2D eigenvalue weighted by atomic mass is 127. The standard InChI is InChI=1S/C22H31ClN6O.HI/c1-24-22(27-17-9-13-29(16-17)21-18(23)7-5-10-25-21)26-15-19(20-8-6-14-30-20)28-11-3-2-4-12-28;/h5-8,10,14,17,19H,2-4,9,11-13,15-16H2,1H3,(H2,24,26,27);1H. The van der Waals surface area contributed by atoms with Crippen molar-refractivity contribution in [3.63, 3.8) is 0 Å². The second-order valence-corrected chi connectivity index (χ2v) is 8.37. The molecule has 2 saturated heterocycles. The number of guanidine groups is 1. The molecule has 9 heteroatoms. The van der Waals surface area contributed by atoms with Gasteiger partial charge >= 0.3 is 0 Å². The van der Waals surface area contributed by atoms with E-state index < -0.39 is 0 Å². The summed E-state index contributed by atoms with van der Waals surface area (Å²) in [4.78, 5) is 13.6. The number of hydrogen-bond donors (Lipinski definition) is 2. The lowest BCUT2D eigenvalue weighted by Gasteiger charge is -2.34. The Labute approximate surface area is 206 Å². The fourth-order valence-corrected chi connectivity index (χ4v) is 4.62. The normalized spacial score (nSPS) is 20.9. The lowest BCUT2D eigenvalue weighted by Crippen LogP contribution is -2.48. The monoisotopic (exact) mass is 558 g/mol. The molecule has 2 N–H and O–H groups in total. The number of nitrogens with one attached hydrogen (secondary N) is 2. The Kier molecular flexibility index (Phi) is 9.28. The molecule has 0 amide bonds. The maximum atomic E-state index is 6.32. The van der Waals surface area contributed by atoms with E-state index in [2.05, 4.69) is 36.5 Å². The number of aliphatic imine (C=N–C) groups is 1. The molecule has 0 spiro atoms. The van der Waals surface area contributed by atoms with Gasteiger partial charge < -0.3 is 20.0 Å². The van der Waals surface area contributed by atoms with Gasteiger partial charge in [0.25, 0.3) is 0 Å².